The first-order valence-electron chi connectivity index (χ1n) is 9.46. The van der Waals surface area contributed by atoms with Crippen LogP contribution in [-0.2, 0) is 27.8 Å². The number of benzene rings is 1. The summed E-state index contributed by atoms with van der Waals surface area (Å²) in [4.78, 5) is 23.0. The lowest BCUT2D eigenvalue weighted by Gasteiger charge is -2.22. The molecule has 0 atom stereocenters. The molecule has 9 heteroatoms. The molecule has 0 saturated carbocycles. The average molecular weight is 407 g/mol. The summed E-state index contributed by atoms with van der Waals surface area (Å²) in [7, 11) is 1.69. The van der Waals surface area contributed by atoms with Crippen molar-refractivity contribution in [3.63, 3.8) is 0 Å². The van der Waals surface area contributed by atoms with Crippen LogP contribution in [0.25, 0.3) is 11.4 Å². The second-order valence-corrected chi connectivity index (χ2v) is 6.46. The van der Waals surface area contributed by atoms with Crippen LogP contribution in [0.2, 0.25) is 0 Å². The van der Waals surface area contributed by atoms with Gasteiger partial charge in [0.1, 0.15) is 17.6 Å². The van der Waals surface area contributed by atoms with E-state index in [1.807, 2.05) is 35.2 Å². The zero-order valence-corrected chi connectivity index (χ0v) is 16.7. The molecule has 0 unspecified atom stereocenters. The molecular formula is C21H21N5O4. The molecule has 4 rings (SSSR count). The van der Waals surface area contributed by atoms with Crippen LogP contribution in [0.5, 0.6) is 0 Å². The molecule has 1 aliphatic rings. The van der Waals surface area contributed by atoms with Crippen LogP contribution in [0, 0.1) is 0 Å². The molecule has 154 valence electrons. The second kappa shape index (κ2) is 8.64. The van der Waals surface area contributed by atoms with Gasteiger partial charge >= 0.3 is 5.97 Å². The molecule has 0 radical (unpaired) electrons. The Balaban J connectivity index is 1.67. The number of anilines is 1. The molecule has 0 saturated heterocycles. The summed E-state index contributed by atoms with van der Waals surface area (Å²) in [6.07, 6.45) is 3.18. The van der Waals surface area contributed by atoms with Gasteiger partial charge in [-0.25, -0.2) is 14.8 Å². The summed E-state index contributed by atoms with van der Waals surface area (Å²) in [5.74, 6) is 0.515. The van der Waals surface area contributed by atoms with Crippen molar-refractivity contribution in [2.24, 2.45) is 7.05 Å². The van der Waals surface area contributed by atoms with E-state index in [0.29, 0.717) is 42.1 Å². The van der Waals surface area contributed by atoms with Gasteiger partial charge < -0.3 is 14.2 Å². The third-order valence-electron chi connectivity index (χ3n) is 4.42. The van der Waals surface area contributed by atoms with Gasteiger partial charge in [0, 0.05) is 19.3 Å². The largest absolute Gasteiger partial charge is 0.461 e. The van der Waals surface area contributed by atoms with Crippen LogP contribution >= 0.6 is 0 Å². The third-order valence-corrected chi connectivity index (χ3v) is 4.42. The fraction of sp³-hybridized carbons (Fsp3) is 0.238. The molecule has 0 N–H and O–H groups in total. The first-order chi connectivity index (χ1) is 14.7. The van der Waals surface area contributed by atoms with Crippen molar-refractivity contribution in [3.8, 4) is 11.4 Å². The number of ether oxygens (including phenoxy) is 3. The maximum absolute atomic E-state index is 12.1. The number of carbonyl (C=O) groups excluding carboxylic acids is 1. The summed E-state index contributed by atoms with van der Waals surface area (Å²) in [5.41, 5.74) is 2.53. The Hall–Kier alpha value is -3.88. The van der Waals surface area contributed by atoms with Crippen LogP contribution in [0.3, 0.4) is 0 Å². The van der Waals surface area contributed by atoms with Crippen molar-refractivity contribution in [1.29, 1.82) is 0 Å². The third kappa shape index (κ3) is 4.09. The topological polar surface area (TPSA) is 91.6 Å². The van der Waals surface area contributed by atoms with Gasteiger partial charge in [-0.15, -0.1) is 0 Å². The van der Waals surface area contributed by atoms with Gasteiger partial charge in [0.15, 0.2) is 0 Å². The predicted octanol–water partition coefficient (Wildman–Crippen LogP) is 2.86. The molecule has 0 amide bonds. The van der Waals surface area contributed by atoms with Gasteiger partial charge in [-0.05, 0) is 18.6 Å². The van der Waals surface area contributed by atoms with Crippen LogP contribution < -0.4 is 4.90 Å². The minimum Gasteiger partial charge on any atom is -0.461 e. The van der Waals surface area contributed by atoms with Crippen LogP contribution in [0.1, 0.15) is 23.0 Å². The highest BCUT2D eigenvalue weighted by atomic mass is 16.7. The zero-order chi connectivity index (χ0) is 20.9. The van der Waals surface area contributed by atoms with Crippen LogP contribution in [0.4, 0.5) is 5.95 Å². The van der Waals surface area contributed by atoms with Crippen LogP contribution in [0.15, 0.2) is 60.8 Å². The van der Waals surface area contributed by atoms with Gasteiger partial charge in [-0.1, -0.05) is 30.3 Å². The Kier molecular flexibility index (Phi) is 5.60. The number of rotatable bonds is 7. The molecular weight excluding hydrogens is 386 g/mol. The van der Waals surface area contributed by atoms with Crippen molar-refractivity contribution >= 4 is 11.9 Å². The molecule has 9 nitrogen and oxygen atoms in total. The van der Waals surface area contributed by atoms with E-state index >= 15 is 0 Å². The highest BCUT2D eigenvalue weighted by Crippen LogP contribution is 2.25. The molecule has 2 aromatic heterocycles. The summed E-state index contributed by atoms with van der Waals surface area (Å²) in [6.45, 7) is 2.69. The van der Waals surface area contributed by atoms with Gasteiger partial charge in [0.05, 0.1) is 18.8 Å². The summed E-state index contributed by atoms with van der Waals surface area (Å²) in [5, 5.41) is 4.40. The van der Waals surface area contributed by atoms with E-state index in [-0.39, 0.29) is 6.79 Å². The van der Waals surface area contributed by atoms with E-state index in [9.17, 15) is 4.79 Å². The Bertz CT molecular complexity index is 1060. The highest BCUT2D eigenvalue weighted by molar-refractivity contribution is 5.88. The Morgan fingerprint density at radius 3 is 2.80 bits per heavy atom. The van der Waals surface area contributed by atoms with Crippen molar-refractivity contribution in [3.05, 3.63) is 72.1 Å². The Labute approximate surface area is 173 Å². The summed E-state index contributed by atoms with van der Waals surface area (Å²) >= 11 is 0. The zero-order valence-electron chi connectivity index (χ0n) is 16.7. The lowest BCUT2D eigenvalue weighted by molar-refractivity contribution is 0.0513. The maximum atomic E-state index is 12.1. The number of aryl methyl sites for hydroxylation is 1. The quantitative estimate of drug-likeness (QED) is 0.552. The van der Waals surface area contributed by atoms with Crippen molar-refractivity contribution in [1.82, 2.24) is 19.7 Å². The second-order valence-electron chi connectivity index (χ2n) is 6.46. The normalized spacial score (nSPS) is 12.7. The molecule has 0 fully saturated rings. The fourth-order valence-corrected chi connectivity index (χ4v) is 3.00. The lowest BCUT2D eigenvalue weighted by atomic mass is 10.2. The van der Waals surface area contributed by atoms with E-state index in [0.717, 1.165) is 5.56 Å². The average Bonchev–Trinajstić information content (AvgIpc) is 3.43. The number of aromatic nitrogens is 4. The smallest absolute Gasteiger partial charge is 0.356 e. The van der Waals surface area contributed by atoms with Gasteiger partial charge in [-0.3, -0.25) is 9.58 Å². The minimum atomic E-state index is -0.430. The Morgan fingerprint density at radius 1 is 1.23 bits per heavy atom. The summed E-state index contributed by atoms with van der Waals surface area (Å²) in [6, 6.07) is 13.3. The summed E-state index contributed by atoms with van der Waals surface area (Å²) < 4.78 is 17.4. The number of esters is 1. The first-order valence-corrected chi connectivity index (χ1v) is 9.46. The number of hydrogen-bond donors (Lipinski definition) is 0. The van der Waals surface area contributed by atoms with E-state index in [2.05, 4.69) is 15.1 Å². The first kappa shape index (κ1) is 19.4. The lowest BCUT2D eigenvalue weighted by Crippen LogP contribution is -2.24. The molecule has 1 aliphatic heterocycles. The highest BCUT2D eigenvalue weighted by Gasteiger charge is 2.22. The minimum absolute atomic E-state index is 0.142. The molecule has 3 aromatic rings. The van der Waals surface area contributed by atoms with E-state index < -0.39 is 5.97 Å². The van der Waals surface area contributed by atoms with Crippen LogP contribution in [-0.4, -0.2) is 39.1 Å². The number of carbonyl (C=O) groups is 1. The fourth-order valence-electron chi connectivity index (χ4n) is 3.00. The van der Waals surface area contributed by atoms with E-state index in [4.69, 9.17) is 14.2 Å². The number of nitrogens with zero attached hydrogens (tertiary/aromatic N) is 5. The number of hydrogen-bond acceptors (Lipinski definition) is 8. The SMILES string of the molecule is CCOC(=O)c1cc(-c2ccnc(N(Cc3ccccc3)C3=COCO3)n2)nn1C. The molecule has 0 spiro atoms. The predicted molar refractivity (Wildman–Crippen MR) is 108 cm³/mol. The van der Waals surface area contributed by atoms with E-state index in [1.165, 1.54) is 4.68 Å². The molecule has 30 heavy (non-hydrogen) atoms. The maximum Gasteiger partial charge on any atom is 0.356 e. The van der Waals surface area contributed by atoms with Crippen molar-refractivity contribution in [2.75, 3.05) is 18.3 Å². The molecule has 1 aromatic carbocycles. The van der Waals surface area contributed by atoms with Crippen molar-refractivity contribution in [2.45, 2.75) is 13.5 Å². The van der Waals surface area contributed by atoms with E-state index in [1.54, 1.807) is 38.6 Å². The standard InChI is InChI=1S/C21H21N5O4/c1-3-29-20(27)18-11-17(24-25(18)2)16-9-10-22-21(23-16)26(19-13-28-14-30-19)12-15-7-5-4-6-8-15/h4-11,13H,3,12,14H2,1-2H3. The van der Waals surface area contributed by atoms with Gasteiger partial charge in [0.2, 0.25) is 18.6 Å². The monoisotopic (exact) mass is 407 g/mol. The van der Waals surface area contributed by atoms with Gasteiger partial charge in [-0.2, -0.15) is 5.10 Å². The molecule has 0 aliphatic carbocycles. The van der Waals surface area contributed by atoms with Crippen molar-refractivity contribution < 1.29 is 19.0 Å². The Morgan fingerprint density at radius 2 is 2.07 bits per heavy atom. The van der Waals surface area contributed by atoms with Gasteiger partial charge in [0.25, 0.3) is 0 Å². The molecule has 0 bridgehead atoms. The molecule has 3 heterocycles.